The van der Waals surface area contributed by atoms with E-state index in [2.05, 4.69) is 60.1 Å². The van der Waals surface area contributed by atoms with Crippen molar-refractivity contribution in [1.29, 1.82) is 0 Å². The van der Waals surface area contributed by atoms with E-state index in [0.717, 1.165) is 26.7 Å². The number of carbonyl (C=O) groups is 1. The van der Waals surface area contributed by atoms with E-state index in [0.29, 0.717) is 12.5 Å². The van der Waals surface area contributed by atoms with Gasteiger partial charge in [0.2, 0.25) is 5.91 Å². The molecule has 0 aromatic heterocycles. The molecule has 0 radical (unpaired) electrons. The predicted molar refractivity (Wildman–Crippen MR) is 128 cm³/mol. The molecule has 2 aliphatic heterocycles. The molecule has 2 fully saturated rings. The minimum atomic E-state index is 0.222. The van der Waals surface area contributed by atoms with Gasteiger partial charge in [-0.05, 0) is 77.6 Å². The van der Waals surface area contributed by atoms with Crippen LogP contribution in [0.2, 0.25) is 6.82 Å². The van der Waals surface area contributed by atoms with Gasteiger partial charge >= 0.3 is 0 Å². The Morgan fingerprint density at radius 1 is 1.13 bits per heavy atom. The monoisotopic (exact) mass is 411 g/mol. The van der Waals surface area contributed by atoms with Gasteiger partial charge in [0.25, 0.3) is 0 Å². The van der Waals surface area contributed by atoms with E-state index in [1.54, 1.807) is 0 Å². The molecule has 1 amide bonds. The summed E-state index contributed by atoms with van der Waals surface area (Å²) in [6.45, 7) is 11.8. The van der Waals surface area contributed by atoms with Crippen LogP contribution < -0.4 is 5.32 Å². The first-order valence-corrected chi connectivity index (χ1v) is 12.3. The van der Waals surface area contributed by atoms with Gasteiger partial charge in [-0.25, -0.2) is 0 Å². The predicted octanol–water partition coefficient (Wildman–Crippen LogP) is 3.67. The van der Waals surface area contributed by atoms with E-state index >= 15 is 0 Å². The number of rotatable bonds is 10. The van der Waals surface area contributed by atoms with Crippen LogP contribution in [-0.2, 0) is 11.2 Å². The van der Waals surface area contributed by atoms with Crippen LogP contribution >= 0.6 is 0 Å². The zero-order chi connectivity index (χ0) is 21.4. The number of piperidine rings is 1. The molecule has 0 spiro atoms. The van der Waals surface area contributed by atoms with Crippen LogP contribution in [0.1, 0.15) is 64.4 Å². The summed E-state index contributed by atoms with van der Waals surface area (Å²) in [6.07, 6.45) is 9.14. The Morgan fingerprint density at radius 2 is 1.87 bits per heavy atom. The summed E-state index contributed by atoms with van der Waals surface area (Å²) < 4.78 is 0. The summed E-state index contributed by atoms with van der Waals surface area (Å²) in [5.74, 6) is 0.456. The van der Waals surface area contributed by atoms with Crippen molar-refractivity contribution in [3.8, 4) is 0 Å². The summed E-state index contributed by atoms with van der Waals surface area (Å²) in [7, 11) is 0.972. The van der Waals surface area contributed by atoms with Gasteiger partial charge in [0.15, 0.2) is 0 Å². The lowest BCUT2D eigenvalue weighted by molar-refractivity contribution is -0.121. The summed E-state index contributed by atoms with van der Waals surface area (Å²) in [4.78, 5) is 18.0. The van der Waals surface area contributed by atoms with E-state index in [1.165, 1.54) is 57.3 Å². The molecule has 30 heavy (non-hydrogen) atoms. The number of hydrogen-bond donors (Lipinski definition) is 1. The fourth-order valence-electron chi connectivity index (χ4n) is 5.32. The first-order chi connectivity index (χ1) is 14.5. The molecule has 2 heterocycles. The highest BCUT2D eigenvalue weighted by Crippen LogP contribution is 2.27. The molecule has 1 N–H and O–H groups in total. The lowest BCUT2D eigenvalue weighted by atomic mass is 9.70. The number of amides is 1. The molecule has 5 heteroatoms. The molecule has 0 aliphatic carbocycles. The van der Waals surface area contributed by atoms with Crippen LogP contribution in [0.4, 0.5) is 0 Å². The molecule has 2 unspecified atom stereocenters. The van der Waals surface area contributed by atoms with Gasteiger partial charge in [0.05, 0.1) is 0 Å². The van der Waals surface area contributed by atoms with Gasteiger partial charge < -0.3 is 5.32 Å². The highest BCUT2D eigenvalue weighted by atomic mass is 16.1. The zero-order valence-electron chi connectivity index (χ0n) is 19.5. The van der Waals surface area contributed by atoms with Crippen LogP contribution in [0.3, 0.4) is 0 Å². The molecule has 4 nitrogen and oxygen atoms in total. The highest BCUT2D eigenvalue weighted by molar-refractivity contribution is 6.36. The van der Waals surface area contributed by atoms with E-state index in [1.807, 2.05) is 6.07 Å². The van der Waals surface area contributed by atoms with E-state index in [9.17, 15) is 4.79 Å². The number of likely N-dealkylation sites (tertiary alicyclic amines) is 2. The Morgan fingerprint density at radius 3 is 2.57 bits per heavy atom. The number of benzene rings is 1. The third kappa shape index (κ3) is 6.85. The van der Waals surface area contributed by atoms with E-state index in [4.69, 9.17) is 0 Å². The Balaban J connectivity index is 1.45. The summed E-state index contributed by atoms with van der Waals surface area (Å²) >= 11 is 0. The van der Waals surface area contributed by atoms with Gasteiger partial charge in [0, 0.05) is 30.5 Å². The number of nitrogens with one attached hydrogen (secondary N) is 1. The van der Waals surface area contributed by atoms with Crippen molar-refractivity contribution >= 4 is 13.2 Å². The van der Waals surface area contributed by atoms with E-state index in [-0.39, 0.29) is 17.4 Å². The van der Waals surface area contributed by atoms with Crippen molar-refractivity contribution in [2.75, 3.05) is 26.2 Å². The van der Waals surface area contributed by atoms with Gasteiger partial charge in [-0.2, -0.15) is 0 Å². The second-order valence-electron chi connectivity index (χ2n) is 10.0. The van der Waals surface area contributed by atoms with Gasteiger partial charge in [-0.3, -0.25) is 14.6 Å². The summed E-state index contributed by atoms with van der Waals surface area (Å²) in [5, 5.41) is 3.29. The second kappa shape index (κ2) is 11.3. The molecule has 3 rings (SSSR count). The van der Waals surface area contributed by atoms with Crippen molar-refractivity contribution < 1.29 is 4.79 Å². The largest absolute Gasteiger partial charge is 0.361 e. The van der Waals surface area contributed by atoms with Gasteiger partial charge in [-0.15, -0.1) is 0 Å². The molecule has 2 aliphatic rings. The third-order valence-corrected chi connectivity index (χ3v) is 7.19. The number of carbonyl (C=O) groups excluding carboxylic acids is 1. The van der Waals surface area contributed by atoms with Gasteiger partial charge in [0.1, 0.15) is 7.28 Å². The molecule has 0 saturated carbocycles. The average molecular weight is 411 g/mol. The van der Waals surface area contributed by atoms with Crippen molar-refractivity contribution in [2.24, 2.45) is 0 Å². The second-order valence-corrected chi connectivity index (χ2v) is 10.0. The van der Waals surface area contributed by atoms with Crippen LogP contribution in [0.5, 0.6) is 0 Å². The summed E-state index contributed by atoms with van der Waals surface area (Å²) in [5.41, 5.74) is 1.53. The fourth-order valence-corrected chi connectivity index (χ4v) is 5.32. The Labute approximate surface area is 185 Å². The lowest BCUT2D eigenvalue weighted by Crippen LogP contribution is -2.54. The fraction of sp³-hybridized carbons (Fsp3) is 0.720. The average Bonchev–Trinajstić information content (AvgIpc) is 3.19. The first-order valence-electron chi connectivity index (χ1n) is 12.3. The molecule has 1 aromatic rings. The van der Waals surface area contributed by atoms with Crippen LogP contribution in [-0.4, -0.2) is 66.7 Å². The van der Waals surface area contributed by atoms with Crippen molar-refractivity contribution in [3.63, 3.8) is 0 Å². The SMILES string of the molecule is CBC(Cc1ccccc1)NC(=O)CCC1CCCN1CC(C)(C)N1CCCCC1. The smallest absolute Gasteiger partial charge is 0.219 e. The van der Waals surface area contributed by atoms with Crippen LogP contribution in [0.25, 0.3) is 0 Å². The number of hydrogen-bond acceptors (Lipinski definition) is 3. The standard InChI is InChI=1S/C25H42BN3O/c1-25(2,29-17-8-5-9-18-29)20-28-16-10-13-22(28)14-15-24(30)27-23(26-3)19-21-11-6-4-7-12-21/h4,6-7,11-12,22-23,26H,5,8-10,13-20H2,1-3H3,(H,27,30). The van der Waals surface area contributed by atoms with Crippen molar-refractivity contribution in [3.05, 3.63) is 35.9 Å². The van der Waals surface area contributed by atoms with Crippen molar-refractivity contribution in [1.82, 2.24) is 15.1 Å². The Kier molecular flexibility index (Phi) is 8.82. The zero-order valence-corrected chi connectivity index (χ0v) is 19.5. The van der Waals surface area contributed by atoms with E-state index < -0.39 is 0 Å². The van der Waals surface area contributed by atoms with Crippen LogP contribution in [0.15, 0.2) is 30.3 Å². The maximum Gasteiger partial charge on any atom is 0.219 e. The number of nitrogens with zero attached hydrogens (tertiary/aromatic N) is 2. The topological polar surface area (TPSA) is 35.6 Å². The molecule has 2 atom stereocenters. The molecular weight excluding hydrogens is 369 g/mol. The maximum atomic E-state index is 12.7. The Bertz CT molecular complexity index is 645. The summed E-state index contributed by atoms with van der Waals surface area (Å²) in [6, 6.07) is 11.1. The highest BCUT2D eigenvalue weighted by Gasteiger charge is 2.34. The maximum absolute atomic E-state index is 12.7. The van der Waals surface area contributed by atoms with Crippen LogP contribution in [0, 0.1) is 0 Å². The molecule has 2 saturated heterocycles. The third-order valence-electron chi connectivity index (χ3n) is 7.19. The molecular formula is C25H42BN3O. The molecule has 0 bridgehead atoms. The lowest BCUT2D eigenvalue weighted by Gasteiger charge is -2.44. The quantitative estimate of drug-likeness (QED) is 0.597. The van der Waals surface area contributed by atoms with Crippen molar-refractivity contribution in [2.45, 2.75) is 89.6 Å². The minimum absolute atomic E-state index is 0.222. The molecule has 1 aromatic carbocycles. The normalized spacial score (nSPS) is 22.0. The minimum Gasteiger partial charge on any atom is -0.361 e. The van der Waals surface area contributed by atoms with Gasteiger partial charge in [-0.1, -0.05) is 43.6 Å². The molecule has 166 valence electrons. The first kappa shape index (κ1) is 23.3. The Hall–Kier alpha value is -1.33.